The Balaban J connectivity index is -0.0000000267. The fourth-order valence-electron chi connectivity index (χ4n) is 0. The van der Waals surface area contributed by atoms with E-state index in [-0.39, 0.29) is 38.4 Å². The van der Waals surface area contributed by atoms with Gasteiger partial charge in [-0.1, -0.05) is 7.43 Å². The van der Waals surface area contributed by atoms with E-state index >= 15 is 0 Å². The Bertz CT molecular complexity index is 99.2. The van der Waals surface area contributed by atoms with Crippen LogP contribution in [-0.4, -0.2) is 17.5 Å². The third-order valence-corrected chi connectivity index (χ3v) is 0. The van der Waals surface area contributed by atoms with Crippen molar-refractivity contribution in [1.82, 2.24) is 0 Å². The Morgan fingerprint density at radius 2 is 1.29 bits per heavy atom. The maximum Gasteiger partial charge on any atom is 1.00 e. The molecule has 7 heavy (non-hydrogen) atoms. The summed E-state index contributed by atoms with van der Waals surface area (Å²) in [6.45, 7) is 0. The normalized spacial score (nSPS) is 8.29. The van der Waals surface area contributed by atoms with Crippen LogP contribution in [0.25, 0.3) is 0 Å². The van der Waals surface area contributed by atoms with Crippen LogP contribution >= 0.6 is 0 Å². The summed E-state index contributed by atoms with van der Waals surface area (Å²) >= 11 is 0. The Labute approximate surface area is 66.3 Å². The van der Waals surface area contributed by atoms with Gasteiger partial charge in [0.2, 0.25) is 0 Å². The maximum absolute atomic E-state index is 8.74. The number of rotatable bonds is 0. The van der Waals surface area contributed by atoms with Crippen LogP contribution in [0, 0.1) is 0 Å². The minimum atomic E-state index is -4.67. The van der Waals surface area contributed by atoms with Crippen molar-refractivity contribution in [2.24, 2.45) is 0 Å². The first-order valence-electron chi connectivity index (χ1n) is 0.698. The van der Waals surface area contributed by atoms with Crippen molar-refractivity contribution in [2.75, 3.05) is 0 Å². The van der Waals surface area contributed by atoms with Gasteiger partial charge in [0.25, 0.3) is 0 Å². The molecule has 0 spiro atoms. The smallest absolute Gasteiger partial charge is 1.00 e. The van der Waals surface area contributed by atoms with Crippen molar-refractivity contribution >= 4 is 10.4 Å². The molecular formula is CH7NaO4S. The van der Waals surface area contributed by atoms with E-state index in [1.165, 1.54) is 0 Å². The van der Waals surface area contributed by atoms with Gasteiger partial charge in [0.1, 0.15) is 0 Å². The van der Waals surface area contributed by atoms with Crippen molar-refractivity contribution in [3.05, 3.63) is 0 Å². The Morgan fingerprint density at radius 1 is 1.29 bits per heavy atom. The Hall–Kier alpha value is 0.870. The first-order valence-corrected chi connectivity index (χ1v) is 2.10. The van der Waals surface area contributed by atoms with E-state index in [1.54, 1.807) is 0 Å². The molecule has 0 atom stereocenters. The molecule has 4 nitrogen and oxygen atoms in total. The molecule has 0 fully saturated rings. The standard InChI is InChI=1S/CH4.Na.H2O4S.H/c;;1-5(2,3)4;/h1H4;;(H2,1,2,3,4);/q;+1;;-1. The van der Waals surface area contributed by atoms with Crippen molar-refractivity contribution < 1.29 is 48.5 Å². The molecule has 0 bridgehead atoms. The van der Waals surface area contributed by atoms with E-state index in [4.69, 9.17) is 17.5 Å². The van der Waals surface area contributed by atoms with Crippen LogP contribution in [0.15, 0.2) is 0 Å². The molecule has 0 radical (unpaired) electrons. The summed E-state index contributed by atoms with van der Waals surface area (Å²) < 4.78 is 31.6. The minimum Gasteiger partial charge on any atom is -1.00 e. The van der Waals surface area contributed by atoms with Crippen molar-refractivity contribution in [1.29, 1.82) is 0 Å². The molecule has 0 rings (SSSR count). The van der Waals surface area contributed by atoms with Crippen LogP contribution < -0.4 is 29.6 Å². The molecule has 0 unspecified atom stereocenters. The molecule has 0 aliphatic heterocycles. The monoisotopic (exact) mass is 138 g/mol. The molecule has 0 heterocycles. The van der Waals surface area contributed by atoms with E-state index in [1.807, 2.05) is 0 Å². The van der Waals surface area contributed by atoms with Gasteiger partial charge in [-0.25, -0.2) is 0 Å². The van der Waals surface area contributed by atoms with E-state index in [2.05, 4.69) is 0 Å². The predicted molar refractivity (Wildman–Crippen MR) is 22.0 cm³/mol. The minimum absolute atomic E-state index is 0. The second kappa shape index (κ2) is 5.02. The molecular weight excluding hydrogens is 131 g/mol. The molecule has 0 aromatic rings. The topological polar surface area (TPSA) is 74.6 Å². The second-order valence-electron chi connectivity index (χ2n) is 0.448. The molecule has 0 aromatic carbocycles. The number of hydrogen-bond donors (Lipinski definition) is 2. The second-order valence-corrected chi connectivity index (χ2v) is 1.34. The molecule has 0 amide bonds. The Kier molecular flexibility index (Phi) is 11.2. The zero-order valence-corrected chi connectivity index (χ0v) is 5.94. The molecule has 0 aliphatic carbocycles. The van der Waals surface area contributed by atoms with Gasteiger partial charge < -0.3 is 1.43 Å². The van der Waals surface area contributed by atoms with E-state index in [9.17, 15) is 0 Å². The fraction of sp³-hybridized carbons (Fsp3) is 1.00. The molecule has 2 N–H and O–H groups in total. The average molecular weight is 138 g/mol. The quantitative estimate of drug-likeness (QED) is 0.278. The summed E-state index contributed by atoms with van der Waals surface area (Å²) in [6.07, 6.45) is 0. The molecule has 0 aliphatic rings. The predicted octanol–water partition coefficient (Wildman–Crippen LogP) is -2.90. The summed E-state index contributed by atoms with van der Waals surface area (Å²) in [5, 5.41) is 0. The molecule has 42 valence electrons. The zero-order chi connectivity index (χ0) is 4.50. The SMILES string of the molecule is C.O=S(=O)(O)O.[H-].[Na+]. The molecule has 0 saturated heterocycles. The first-order chi connectivity index (χ1) is 2.00. The Morgan fingerprint density at radius 3 is 1.29 bits per heavy atom. The summed E-state index contributed by atoms with van der Waals surface area (Å²) in [5.41, 5.74) is 0. The van der Waals surface area contributed by atoms with Gasteiger partial charge in [-0.2, -0.15) is 8.42 Å². The van der Waals surface area contributed by atoms with Crippen LogP contribution in [0.4, 0.5) is 0 Å². The van der Waals surface area contributed by atoms with E-state index in [0.29, 0.717) is 0 Å². The van der Waals surface area contributed by atoms with Crippen molar-refractivity contribution in [3.8, 4) is 0 Å². The third-order valence-electron chi connectivity index (χ3n) is 0. The maximum atomic E-state index is 8.74. The fourth-order valence-corrected chi connectivity index (χ4v) is 0. The molecule has 6 heteroatoms. The first kappa shape index (κ1) is 15.7. The zero-order valence-electron chi connectivity index (χ0n) is 4.12. The summed E-state index contributed by atoms with van der Waals surface area (Å²) in [4.78, 5) is 0. The van der Waals surface area contributed by atoms with Gasteiger partial charge >= 0.3 is 40.0 Å². The van der Waals surface area contributed by atoms with Gasteiger partial charge in [-0.05, 0) is 0 Å². The summed E-state index contributed by atoms with van der Waals surface area (Å²) in [7, 11) is -4.67. The summed E-state index contributed by atoms with van der Waals surface area (Å²) in [5.74, 6) is 0. The molecule has 0 aromatic heterocycles. The summed E-state index contributed by atoms with van der Waals surface area (Å²) in [6, 6.07) is 0. The van der Waals surface area contributed by atoms with Crippen LogP contribution in [0.2, 0.25) is 0 Å². The van der Waals surface area contributed by atoms with Gasteiger partial charge in [0.15, 0.2) is 0 Å². The average Bonchev–Trinajstić information content (AvgIpc) is 0.722. The van der Waals surface area contributed by atoms with Crippen molar-refractivity contribution in [2.45, 2.75) is 7.43 Å². The third kappa shape index (κ3) is 215. The van der Waals surface area contributed by atoms with Crippen LogP contribution in [0.5, 0.6) is 0 Å². The molecule has 0 saturated carbocycles. The van der Waals surface area contributed by atoms with Crippen molar-refractivity contribution in [3.63, 3.8) is 0 Å². The van der Waals surface area contributed by atoms with Gasteiger partial charge in [-0.15, -0.1) is 0 Å². The van der Waals surface area contributed by atoms with Crippen LogP contribution in [-0.2, 0) is 10.4 Å². The van der Waals surface area contributed by atoms with Gasteiger partial charge in [0.05, 0.1) is 0 Å². The van der Waals surface area contributed by atoms with Gasteiger partial charge in [0, 0.05) is 0 Å². The van der Waals surface area contributed by atoms with E-state index in [0.717, 1.165) is 0 Å². The van der Waals surface area contributed by atoms with Crippen LogP contribution in [0.3, 0.4) is 0 Å². The van der Waals surface area contributed by atoms with E-state index < -0.39 is 10.4 Å². The number of hydrogen-bond acceptors (Lipinski definition) is 2. The van der Waals surface area contributed by atoms with Gasteiger partial charge in [-0.3, -0.25) is 9.11 Å². The largest absolute Gasteiger partial charge is 1.00 e. The van der Waals surface area contributed by atoms with Crippen LogP contribution in [0.1, 0.15) is 8.85 Å².